The van der Waals surface area contributed by atoms with Crippen LogP contribution in [0.4, 0.5) is 5.13 Å². The third kappa shape index (κ3) is 3.23. The zero-order chi connectivity index (χ0) is 15.7. The molecule has 0 aliphatic heterocycles. The Kier molecular flexibility index (Phi) is 3.78. The molecule has 0 fully saturated rings. The van der Waals surface area contributed by atoms with Crippen molar-refractivity contribution in [3.8, 4) is 0 Å². The van der Waals surface area contributed by atoms with E-state index in [-0.39, 0.29) is 18.0 Å². The van der Waals surface area contributed by atoms with Crippen LogP contribution in [-0.2, 0) is 11.2 Å². The average Bonchev–Trinajstić information content (AvgIpc) is 2.78. The first kappa shape index (κ1) is 14.5. The first-order valence-electron chi connectivity index (χ1n) is 6.18. The van der Waals surface area contributed by atoms with E-state index in [1.807, 2.05) is 4.98 Å². The molecule has 2 heterocycles. The van der Waals surface area contributed by atoms with Crippen LogP contribution >= 0.6 is 22.9 Å². The lowest BCUT2D eigenvalue weighted by molar-refractivity contribution is -0.115. The normalized spacial score (nSPS) is 10.8. The number of anilines is 1. The minimum atomic E-state index is -0.648. The van der Waals surface area contributed by atoms with Crippen LogP contribution in [0.25, 0.3) is 10.2 Å². The van der Waals surface area contributed by atoms with Gasteiger partial charge in [-0.1, -0.05) is 22.9 Å². The molecule has 3 aromatic rings. The van der Waals surface area contributed by atoms with Gasteiger partial charge in [0.15, 0.2) is 5.13 Å². The number of halogens is 1. The standard InChI is InChI=1S/C13H9ClN4O3S/c14-6-1-2-8-9(3-6)22-13(16-8)18-11(20)5-7-4-10(19)17-12(21)15-7/h1-4H,5H2,(H,16,18,20)(H2,15,17,19,21). The number of hydrogen-bond acceptors (Lipinski definition) is 5. The van der Waals surface area contributed by atoms with Gasteiger partial charge in [0.1, 0.15) is 0 Å². The number of aromatic amines is 2. The zero-order valence-electron chi connectivity index (χ0n) is 11.0. The van der Waals surface area contributed by atoms with Gasteiger partial charge < -0.3 is 10.3 Å². The number of rotatable bonds is 3. The molecule has 0 radical (unpaired) electrons. The van der Waals surface area contributed by atoms with Gasteiger partial charge in [-0.3, -0.25) is 14.6 Å². The van der Waals surface area contributed by atoms with Crippen molar-refractivity contribution in [3.05, 3.63) is 55.8 Å². The maximum absolute atomic E-state index is 11.9. The zero-order valence-corrected chi connectivity index (χ0v) is 12.5. The summed E-state index contributed by atoms with van der Waals surface area (Å²) in [6, 6.07) is 6.41. The number of nitrogens with zero attached hydrogens (tertiary/aromatic N) is 1. The summed E-state index contributed by atoms with van der Waals surface area (Å²) in [5.41, 5.74) is -0.240. The molecule has 7 nitrogen and oxygen atoms in total. The van der Waals surface area contributed by atoms with Gasteiger partial charge in [0.2, 0.25) is 5.91 Å². The molecule has 0 aliphatic carbocycles. The van der Waals surface area contributed by atoms with Crippen molar-refractivity contribution in [2.45, 2.75) is 6.42 Å². The van der Waals surface area contributed by atoms with Crippen LogP contribution in [0.2, 0.25) is 5.02 Å². The van der Waals surface area contributed by atoms with Crippen molar-refractivity contribution < 1.29 is 4.79 Å². The Labute approximate surface area is 132 Å². The summed E-state index contributed by atoms with van der Waals surface area (Å²) in [6.07, 6.45) is -0.129. The molecule has 9 heteroatoms. The van der Waals surface area contributed by atoms with Crippen LogP contribution in [0.1, 0.15) is 5.69 Å². The summed E-state index contributed by atoms with van der Waals surface area (Å²) in [4.78, 5) is 42.9. The van der Waals surface area contributed by atoms with Gasteiger partial charge in [-0.15, -0.1) is 0 Å². The van der Waals surface area contributed by atoms with E-state index in [4.69, 9.17) is 11.6 Å². The van der Waals surface area contributed by atoms with E-state index in [0.29, 0.717) is 10.2 Å². The third-order valence-corrected chi connectivity index (χ3v) is 3.93. The second kappa shape index (κ2) is 5.74. The molecule has 0 bridgehead atoms. The highest BCUT2D eigenvalue weighted by atomic mass is 35.5. The first-order valence-corrected chi connectivity index (χ1v) is 7.37. The fourth-order valence-corrected chi connectivity index (χ4v) is 3.06. The van der Waals surface area contributed by atoms with Crippen molar-refractivity contribution in [2.24, 2.45) is 0 Å². The Hall–Kier alpha value is -2.45. The predicted molar refractivity (Wildman–Crippen MR) is 84.6 cm³/mol. The Morgan fingerprint density at radius 2 is 2.09 bits per heavy atom. The van der Waals surface area contributed by atoms with E-state index in [1.54, 1.807) is 18.2 Å². The number of hydrogen-bond donors (Lipinski definition) is 3. The number of fused-ring (bicyclic) bond motifs is 1. The number of thiazole rings is 1. The van der Waals surface area contributed by atoms with E-state index in [0.717, 1.165) is 10.2 Å². The minimum absolute atomic E-state index is 0.129. The minimum Gasteiger partial charge on any atom is -0.311 e. The van der Waals surface area contributed by atoms with Crippen LogP contribution in [0.3, 0.4) is 0 Å². The molecule has 0 aliphatic rings. The maximum Gasteiger partial charge on any atom is 0.325 e. The van der Waals surface area contributed by atoms with Crippen molar-refractivity contribution in [2.75, 3.05) is 5.32 Å². The molecule has 1 amide bonds. The summed E-state index contributed by atoms with van der Waals surface area (Å²) in [5, 5.41) is 3.65. The summed E-state index contributed by atoms with van der Waals surface area (Å²) >= 11 is 7.19. The molecular formula is C13H9ClN4O3S. The van der Waals surface area contributed by atoms with Gasteiger partial charge in [0, 0.05) is 16.8 Å². The summed E-state index contributed by atoms with van der Waals surface area (Å²) in [5.74, 6) is -0.383. The lowest BCUT2D eigenvalue weighted by Gasteiger charge is -2.00. The lowest BCUT2D eigenvalue weighted by Crippen LogP contribution is -2.25. The fraction of sp³-hybridized carbons (Fsp3) is 0.0769. The molecule has 0 unspecified atom stereocenters. The number of H-pyrrole nitrogens is 2. The smallest absolute Gasteiger partial charge is 0.311 e. The van der Waals surface area contributed by atoms with E-state index in [1.165, 1.54) is 17.4 Å². The highest BCUT2D eigenvalue weighted by Crippen LogP contribution is 2.28. The molecule has 22 heavy (non-hydrogen) atoms. The highest BCUT2D eigenvalue weighted by Gasteiger charge is 2.10. The van der Waals surface area contributed by atoms with Crippen LogP contribution in [-0.4, -0.2) is 20.9 Å². The van der Waals surface area contributed by atoms with E-state index in [2.05, 4.69) is 15.3 Å². The summed E-state index contributed by atoms with van der Waals surface area (Å²) < 4.78 is 0.854. The topological polar surface area (TPSA) is 108 Å². The molecule has 0 saturated heterocycles. The maximum atomic E-state index is 11.9. The van der Waals surface area contributed by atoms with Crippen LogP contribution in [0, 0.1) is 0 Å². The van der Waals surface area contributed by atoms with Crippen LogP contribution in [0.5, 0.6) is 0 Å². The molecule has 2 aromatic heterocycles. The number of carbonyl (C=O) groups is 1. The molecular weight excluding hydrogens is 328 g/mol. The number of amides is 1. The van der Waals surface area contributed by atoms with Gasteiger partial charge in [-0.25, -0.2) is 9.78 Å². The van der Waals surface area contributed by atoms with Crippen LogP contribution in [0.15, 0.2) is 33.9 Å². The average molecular weight is 337 g/mol. The van der Waals surface area contributed by atoms with Crippen molar-refractivity contribution in [3.63, 3.8) is 0 Å². The van der Waals surface area contributed by atoms with E-state index in [9.17, 15) is 14.4 Å². The molecule has 112 valence electrons. The molecule has 1 aromatic carbocycles. The van der Waals surface area contributed by atoms with Gasteiger partial charge in [0.05, 0.1) is 16.6 Å². The lowest BCUT2D eigenvalue weighted by atomic mass is 10.3. The molecule has 3 rings (SSSR count). The van der Waals surface area contributed by atoms with E-state index >= 15 is 0 Å². The number of nitrogens with one attached hydrogen (secondary N) is 3. The molecule has 0 atom stereocenters. The Morgan fingerprint density at radius 1 is 1.27 bits per heavy atom. The SMILES string of the molecule is O=C(Cc1cc(=O)[nH]c(=O)[nH]1)Nc1nc2ccc(Cl)cc2s1. The van der Waals surface area contributed by atoms with Gasteiger partial charge in [-0.05, 0) is 18.2 Å². The summed E-state index contributed by atoms with van der Waals surface area (Å²) in [7, 11) is 0. The van der Waals surface area contributed by atoms with E-state index < -0.39 is 11.2 Å². The van der Waals surface area contributed by atoms with Crippen molar-refractivity contribution in [1.29, 1.82) is 0 Å². The number of aromatic nitrogens is 3. The number of carbonyl (C=O) groups excluding carboxylic acids is 1. The fourth-order valence-electron chi connectivity index (χ4n) is 1.90. The van der Waals surface area contributed by atoms with Crippen molar-refractivity contribution in [1.82, 2.24) is 15.0 Å². The predicted octanol–water partition coefficient (Wildman–Crippen LogP) is 1.51. The Balaban J connectivity index is 1.77. The van der Waals surface area contributed by atoms with Crippen molar-refractivity contribution >= 4 is 44.2 Å². The monoisotopic (exact) mass is 336 g/mol. The molecule has 0 spiro atoms. The third-order valence-electron chi connectivity index (χ3n) is 2.76. The summed E-state index contributed by atoms with van der Waals surface area (Å²) in [6.45, 7) is 0. The Morgan fingerprint density at radius 3 is 2.86 bits per heavy atom. The largest absolute Gasteiger partial charge is 0.325 e. The molecule has 3 N–H and O–H groups in total. The van der Waals surface area contributed by atoms with Gasteiger partial charge in [0.25, 0.3) is 5.56 Å². The number of benzene rings is 1. The second-order valence-corrected chi connectivity index (χ2v) is 5.94. The quantitative estimate of drug-likeness (QED) is 0.673. The van der Waals surface area contributed by atoms with Crippen LogP contribution < -0.4 is 16.6 Å². The second-order valence-electron chi connectivity index (χ2n) is 4.47. The van der Waals surface area contributed by atoms with Gasteiger partial charge >= 0.3 is 5.69 Å². The van der Waals surface area contributed by atoms with Gasteiger partial charge in [-0.2, -0.15) is 0 Å². The first-order chi connectivity index (χ1) is 10.5. The Bertz CT molecular complexity index is 947. The highest BCUT2D eigenvalue weighted by molar-refractivity contribution is 7.22. The molecule has 0 saturated carbocycles.